The molecular formula is C24H37N5O5S. The Morgan fingerprint density at radius 2 is 1.69 bits per heavy atom. The molecular weight excluding hydrogens is 470 g/mol. The number of nitrogens with one attached hydrogen (secondary N) is 4. The lowest BCUT2D eigenvalue weighted by molar-refractivity contribution is -0.136. The van der Waals surface area contributed by atoms with Crippen molar-refractivity contribution in [2.75, 3.05) is 26.2 Å². The third-order valence-corrected chi connectivity index (χ3v) is 7.64. The molecule has 2 amide bonds. The van der Waals surface area contributed by atoms with Crippen molar-refractivity contribution in [3.8, 4) is 0 Å². The summed E-state index contributed by atoms with van der Waals surface area (Å²) >= 11 is 1.24. The van der Waals surface area contributed by atoms with E-state index in [1.807, 2.05) is 0 Å². The molecule has 10 nitrogen and oxygen atoms in total. The van der Waals surface area contributed by atoms with Gasteiger partial charge in [-0.25, -0.2) is 4.98 Å². The van der Waals surface area contributed by atoms with Gasteiger partial charge in [0.1, 0.15) is 0 Å². The molecule has 0 aromatic carbocycles. The molecule has 11 heteroatoms. The van der Waals surface area contributed by atoms with Crippen LogP contribution in [0.1, 0.15) is 67.6 Å². The number of ketones is 1. The van der Waals surface area contributed by atoms with E-state index < -0.39 is 29.9 Å². The summed E-state index contributed by atoms with van der Waals surface area (Å²) in [6.45, 7) is 1.18. The Kier molecular flexibility index (Phi) is 11.1. The number of piperidine rings is 1. The molecule has 3 rings (SSSR count). The highest BCUT2D eigenvalue weighted by Gasteiger charge is 2.29. The SMILES string of the molecule is O=C(O)CN[C@H](CC1CCCCC1)C(=O)NCC(=O)NC(CC1CCNCC1)C(=O)c1nccs1. The largest absolute Gasteiger partial charge is 0.480 e. The second-order valence-corrected chi connectivity index (χ2v) is 10.4. The number of amides is 2. The zero-order valence-electron chi connectivity index (χ0n) is 20.1. The number of hydrogen-bond acceptors (Lipinski definition) is 8. The second kappa shape index (κ2) is 14.3. The summed E-state index contributed by atoms with van der Waals surface area (Å²) in [5, 5.41) is 22.7. The molecule has 2 atom stereocenters. The van der Waals surface area contributed by atoms with Crippen molar-refractivity contribution in [1.82, 2.24) is 26.3 Å². The summed E-state index contributed by atoms with van der Waals surface area (Å²) in [4.78, 5) is 53.7. The third kappa shape index (κ3) is 9.30. The summed E-state index contributed by atoms with van der Waals surface area (Å²) in [5.41, 5.74) is 0. The number of Topliss-reactive ketones (excluding diaryl/α,β-unsaturated/α-hetero) is 1. The first kappa shape index (κ1) is 27.2. The first-order valence-corrected chi connectivity index (χ1v) is 13.5. The number of thiazole rings is 1. The van der Waals surface area contributed by atoms with Crippen LogP contribution in [0.5, 0.6) is 0 Å². The average molecular weight is 508 g/mol. The van der Waals surface area contributed by atoms with Gasteiger partial charge in [0.05, 0.1) is 25.2 Å². The normalized spacial score (nSPS) is 19.0. The van der Waals surface area contributed by atoms with E-state index in [-0.39, 0.29) is 18.9 Å². The molecule has 1 saturated heterocycles. The molecule has 1 aromatic heterocycles. The molecule has 2 heterocycles. The standard InChI is InChI=1S/C24H37N5O5S/c30-20(14-28-23(34)19(27-15-21(31)32)13-16-4-2-1-3-5-16)29-18(12-17-6-8-25-9-7-17)22(33)24-26-10-11-35-24/h10-11,16-19,25,27H,1-9,12-15H2,(H,28,34)(H,29,30)(H,31,32)/t18?,19-/m1/s1. The number of rotatable bonds is 13. The fourth-order valence-electron chi connectivity index (χ4n) is 4.96. The topological polar surface area (TPSA) is 150 Å². The summed E-state index contributed by atoms with van der Waals surface area (Å²) < 4.78 is 0. The molecule has 2 aliphatic rings. The van der Waals surface area contributed by atoms with E-state index in [4.69, 9.17) is 5.11 Å². The van der Waals surface area contributed by atoms with Crippen LogP contribution in [-0.2, 0) is 14.4 Å². The van der Waals surface area contributed by atoms with Gasteiger partial charge in [-0.3, -0.25) is 24.5 Å². The Morgan fingerprint density at radius 3 is 2.34 bits per heavy atom. The first-order valence-electron chi connectivity index (χ1n) is 12.6. The summed E-state index contributed by atoms with van der Waals surface area (Å²) in [6.07, 6.45) is 9.99. The van der Waals surface area contributed by atoms with E-state index in [0.717, 1.165) is 51.6 Å². The van der Waals surface area contributed by atoms with Crippen LogP contribution in [0.25, 0.3) is 0 Å². The minimum absolute atomic E-state index is 0.212. The molecule has 0 bridgehead atoms. The minimum atomic E-state index is -1.04. The molecule has 0 radical (unpaired) electrons. The number of carbonyl (C=O) groups is 4. The molecule has 0 spiro atoms. The summed E-state index contributed by atoms with van der Waals surface area (Å²) in [6, 6.07) is -1.37. The van der Waals surface area contributed by atoms with E-state index in [1.54, 1.807) is 11.6 Å². The lowest BCUT2D eigenvalue weighted by Crippen LogP contribution is -2.51. The van der Waals surface area contributed by atoms with Crippen molar-refractivity contribution in [3.05, 3.63) is 16.6 Å². The van der Waals surface area contributed by atoms with Gasteiger partial charge < -0.3 is 21.1 Å². The molecule has 35 heavy (non-hydrogen) atoms. The van der Waals surface area contributed by atoms with Crippen LogP contribution in [0.2, 0.25) is 0 Å². The molecule has 1 aromatic rings. The molecule has 1 aliphatic carbocycles. The first-order chi connectivity index (χ1) is 16.9. The highest BCUT2D eigenvalue weighted by molar-refractivity contribution is 7.11. The van der Waals surface area contributed by atoms with Gasteiger partial charge in [0, 0.05) is 11.6 Å². The van der Waals surface area contributed by atoms with Crippen LogP contribution in [-0.4, -0.2) is 71.9 Å². The van der Waals surface area contributed by atoms with E-state index in [1.165, 1.54) is 17.8 Å². The van der Waals surface area contributed by atoms with E-state index in [0.29, 0.717) is 29.7 Å². The molecule has 194 valence electrons. The Morgan fingerprint density at radius 1 is 1.00 bits per heavy atom. The van der Waals surface area contributed by atoms with Crippen molar-refractivity contribution in [3.63, 3.8) is 0 Å². The Labute approximate surface area is 210 Å². The maximum atomic E-state index is 13.0. The number of carboxylic acid groups (broad SMARTS) is 1. The smallest absolute Gasteiger partial charge is 0.317 e. The fourth-order valence-corrected chi connectivity index (χ4v) is 5.59. The van der Waals surface area contributed by atoms with Gasteiger partial charge in [0.15, 0.2) is 5.01 Å². The van der Waals surface area contributed by atoms with E-state index >= 15 is 0 Å². The van der Waals surface area contributed by atoms with Gasteiger partial charge in [-0.2, -0.15) is 0 Å². The Bertz CT molecular complexity index is 837. The second-order valence-electron chi connectivity index (χ2n) is 9.54. The number of aromatic nitrogens is 1. The summed E-state index contributed by atoms with van der Waals surface area (Å²) in [7, 11) is 0. The van der Waals surface area contributed by atoms with Crippen LogP contribution in [0.15, 0.2) is 11.6 Å². The lowest BCUT2D eigenvalue weighted by Gasteiger charge is -2.27. The van der Waals surface area contributed by atoms with Crippen molar-refractivity contribution in [1.29, 1.82) is 0 Å². The number of aliphatic carboxylic acids is 1. The number of hydrogen-bond donors (Lipinski definition) is 5. The van der Waals surface area contributed by atoms with Gasteiger partial charge in [0.25, 0.3) is 0 Å². The summed E-state index contributed by atoms with van der Waals surface area (Å²) in [5.74, 6) is -1.41. The Balaban J connectivity index is 1.55. The van der Waals surface area contributed by atoms with E-state index in [2.05, 4.69) is 26.3 Å². The molecule has 1 unspecified atom stereocenters. The molecule has 2 fully saturated rings. The van der Waals surface area contributed by atoms with Gasteiger partial charge >= 0.3 is 5.97 Å². The predicted octanol–water partition coefficient (Wildman–Crippen LogP) is 1.33. The van der Waals surface area contributed by atoms with Crippen LogP contribution < -0.4 is 21.3 Å². The zero-order chi connectivity index (χ0) is 25.0. The van der Waals surface area contributed by atoms with Gasteiger partial charge in [0.2, 0.25) is 17.6 Å². The number of carboxylic acids is 1. The average Bonchev–Trinajstić information content (AvgIpc) is 3.40. The van der Waals surface area contributed by atoms with Crippen molar-refractivity contribution in [2.45, 2.75) is 69.9 Å². The lowest BCUT2D eigenvalue weighted by atomic mass is 9.84. The highest BCUT2D eigenvalue weighted by Crippen LogP contribution is 2.27. The predicted molar refractivity (Wildman–Crippen MR) is 132 cm³/mol. The highest BCUT2D eigenvalue weighted by atomic mass is 32.1. The van der Waals surface area contributed by atoms with Crippen LogP contribution in [0.3, 0.4) is 0 Å². The van der Waals surface area contributed by atoms with Crippen molar-refractivity contribution < 1.29 is 24.3 Å². The molecule has 5 N–H and O–H groups in total. The van der Waals surface area contributed by atoms with Gasteiger partial charge in [-0.15, -0.1) is 11.3 Å². The van der Waals surface area contributed by atoms with Crippen LogP contribution in [0.4, 0.5) is 0 Å². The maximum absolute atomic E-state index is 13.0. The minimum Gasteiger partial charge on any atom is -0.480 e. The van der Waals surface area contributed by atoms with Gasteiger partial charge in [-0.05, 0) is 50.6 Å². The van der Waals surface area contributed by atoms with Crippen molar-refractivity contribution >= 4 is 34.9 Å². The number of carbonyl (C=O) groups excluding carboxylic acids is 3. The third-order valence-electron chi connectivity index (χ3n) is 6.86. The van der Waals surface area contributed by atoms with Gasteiger partial charge in [-0.1, -0.05) is 32.1 Å². The number of nitrogens with zero attached hydrogens (tertiary/aromatic N) is 1. The van der Waals surface area contributed by atoms with Crippen LogP contribution in [0, 0.1) is 11.8 Å². The molecule has 1 saturated carbocycles. The maximum Gasteiger partial charge on any atom is 0.317 e. The van der Waals surface area contributed by atoms with E-state index in [9.17, 15) is 19.2 Å². The molecule has 1 aliphatic heterocycles. The van der Waals surface area contributed by atoms with Crippen molar-refractivity contribution in [2.24, 2.45) is 11.8 Å². The van der Waals surface area contributed by atoms with Crippen LogP contribution >= 0.6 is 11.3 Å². The fraction of sp³-hybridized carbons (Fsp3) is 0.708. The Hall–Kier alpha value is -2.37. The quantitative estimate of drug-likeness (QED) is 0.251. The monoisotopic (exact) mass is 507 g/mol. The zero-order valence-corrected chi connectivity index (χ0v) is 20.9.